The van der Waals surface area contributed by atoms with Crippen LogP contribution in [-0.2, 0) is 0 Å². The number of benzene rings is 1. The van der Waals surface area contributed by atoms with Crippen molar-refractivity contribution in [3.05, 3.63) is 59.5 Å². The Bertz CT molecular complexity index is 919. The molecule has 0 spiro atoms. The van der Waals surface area contributed by atoms with Gasteiger partial charge in [0.2, 0.25) is 0 Å². The molecule has 1 N–H and O–H groups in total. The molecule has 0 amide bonds. The molecule has 1 aromatic carbocycles. The van der Waals surface area contributed by atoms with Gasteiger partial charge < -0.3 is 9.88 Å². The molecule has 140 valence electrons. The van der Waals surface area contributed by atoms with E-state index in [9.17, 15) is 0 Å². The molecule has 2 aliphatic heterocycles. The number of halogens is 1. The average molecular weight is 381 g/mol. The molecule has 5 rings (SSSR count). The van der Waals surface area contributed by atoms with Crippen molar-refractivity contribution < 1.29 is 0 Å². The molecule has 2 aromatic heterocycles. The molecule has 3 aromatic rings. The summed E-state index contributed by atoms with van der Waals surface area (Å²) in [5, 5.41) is 5.60. The first-order valence-corrected chi connectivity index (χ1v) is 10.3. The van der Waals surface area contributed by atoms with Crippen LogP contribution >= 0.6 is 11.6 Å². The third-order valence-electron chi connectivity index (χ3n) is 6.26. The summed E-state index contributed by atoms with van der Waals surface area (Å²) in [6.07, 6.45) is 9.99. The lowest BCUT2D eigenvalue weighted by Gasteiger charge is -2.35. The van der Waals surface area contributed by atoms with Crippen LogP contribution in [0.3, 0.4) is 0 Å². The first-order valence-electron chi connectivity index (χ1n) is 9.95. The maximum absolute atomic E-state index is 6.08. The van der Waals surface area contributed by atoms with Crippen LogP contribution in [-0.4, -0.2) is 46.7 Å². The standard InChI is InChI=1S/C22H25ClN4/c23-17-1-3-18(4-2-17)27-15-21(20-6-10-25-14-22(20)27)16-7-11-26(12-8-16)19-5-9-24-13-19/h1-4,6,10,14-16,19,24H,5,7-9,11-13H2. The van der Waals surface area contributed by atoms with E-state index in [0.717, 1.165) is 23.3 Å². The van der Waals surface area contributed by atoms with E-state index in [-0.39, 0.29) is 0 Å². The monoisotopic (exact) mass is 380 g/mol. The van der Waals surface area contributed by atoms with E-state index in [1.54, 1.807) is 0 Å². The fraction of sp³-hybridized carbons (Fsp3) is 0.409. The Labute approximate surface area is 165 Å². The summed E-state index contributed by atoms with van der Waals surface area (Å²) < 4.78 is 2.27. The van der Waals surface area contributed by atoms with Gasteiger partial charge in [0, 0.05) is 41.1 Å². The highest BCUT2D eigenvalue weighted by Crippen LogP contribution is 2.36. The van der Waals surface area contributed by atoms with Gasteiger partial charge in [-0.3, -0.25) is 9.88 Å². The van der Waals surface area contributed by atoms with Crippen molar-refractivity contribution in [1.29, 1.82) is 0 Å². The van der Waals surface area contributed by atoms with Gasteiger partial charge in [0.15, 0.2) is 0 Å². The second-order valence-electron chi connectivity index (χ2n) is 7.78. The first-order chi connectivity index (χ1) is 13.3. The molecular weight excluding hydrogens is 356 g/mol. The molecular formula is C22H25ClN4. The molecule has 0 saturated carbocycles. The van der Waals surface area contributed by atoms with Crippen LogP contribution in [0.5, 0.6) is 0 Å². The van der Waals surface area contributed by atoms with Crippen molar-refractivity contribution in [1.82, 2.24) is 19.8 Å². The highest BCUT2D eigenvalue weighted by atomic mass is 35.5. The first kappa shape index (κ1) is 17.2. The highest BCUT2D eigenvalue weighted by molar-refractivity contribution is 6.30. The third-order valence-corrected chi connectivity index (χ3v) is 6.52. The van der Waals surface area contributed by atoms with Crippen molar-refractivity contribution in [2.75, 3.05) is 26.2 Å². The van der Waals surface area contributed by atoms with Crippen LogP contribution in [0.4, 0.5) is 0 Å². The van der Waals surface area contributed by atoms with Crippen molar-refractivity contribution in [3.8, 4) is 5.69 Å². The summed E-state index contributed by atoms with van der Waals surface area (Å²) in [6, 6.07) is 11.0. The molecule has 1 atom stereocenters. The lowest BCUT2D eigenvalue weighted by molar-refractivity contribution is 0.162. The summed E-state index contributed by atoms with van der Waals surface area (Å²) in [4.78, 5) is 7.07. The van der Waals surface area contributed by atoms with Gasteiger partial charge in [-0.25, -0.2) is 0 Å². The number of nitrogens with one attached hydrogen (secondary N) is 1. The summed E-state index contributed by atoms with van der Waals surface area (Å²) >= 11 is 6.08. The number of fused-ring (bicyclic) bond motifs is 1. The molecule has 27 heavy (non-hydrogen) atoms. The lowest BCUT2D eigenvalue weighted by Crippen LogP contribution is -2.42. The van der Waals surface area contributed by atoms with Gasteiger partial charge in [0.1, 0.15) is 0 Å². The Morgan fingerprint density at radius 2 is 1.85 bits per heavy atom. The number of hydrogen-bond acceptors (Lipinski definition) is 3. The van der Waals surface area contributed by atoms with Gasteiger partial charge in [0.05, 0.1) is 11.7 Å². The SMILES string of the molecule is Clc1ccc(-n2cc(C3CCN(C4CCNC4)CC3)c3ccncc32)cc1. The minimum Gasteiger partial charge on any atom is -0.315 e. The van der Waals surface area contributed by atoms with Crippen molar-refractivity contribution >= 4 is 22.5 Å². The van der Waals surface area contributed by atoms with E-state index >= 15 is 0 Å². The van der Waals surface area contributed by atoms with Gasteiger partial charge in [-0.1, -0.05) is 11.6 Å². The number of likely N-dealkylation sites (tertiary alicyclic amines) is 1. The molecule has 0 radical (unpaired) electrons. The fourth-order valence-electron chi connectivity index (χ4n) is 4.77. The van der Waals surface area contributed by atoms with E-state index in [1.807, 2.05) is 24.5 Å². The average Bonchev–Trinajstić information content (AvgIpc) is 3.37. The summed E-state index contributed by atoms with van der Waals surface area (Å²) in [5.41, 5.74) is 3.78. The largest absolute Gasteiger partial charge is 0.315 e. The third kappa shape index (κ3) is 3.27. The van der Waals surface area contributed by atoms with Crippen LogP contribution in [0.25, 0.3) is 16.6 Å². The zero-order valence-corrected chi connectivity index (χ0v) is 16.2. The molecule has 2 saturated heterocycles. The normalized spacial score (nSPS) is 21.9. The topological polar surface area (TPSA) is 33.1 Å². The highest BCUT2D eigenvalue weighted by Gasteiger charge is 2.29. The zero-order valence-electron chi connectivity index (χ0n) is 15.4. The van der Waals surface area contributed by atoms with E-state index in [2.05, 4.69) is 44.2 Å². The van der Waals surface area contributed by atoms with Gasteiger partial charge in [-0.15, -0.1) is 0 Å². The Morgan fingerprint density at radius 1 is 1.04 bits per heavy atom. The predicted molar refractivity (Wildman–Crippen MR) is 111 cm³/mol. The fourth-order valence-corrected chi connectivity index (χ4v) is 4.89. The maximum atomic E-state index is 6.08. The van der Waals surface area contributed by atoms with E-state index in [1.165, 1.54) is 55.4 Å². The molecule has 2 aliphatic rings. The molecule has 0 aliphatic carbocycles. The maximum Gasteiger partial charge on any atom is 0.0715 e. The van der Waals surface area contributed by atoms with Gasteiger partial charge in [-0.2, -0.15) is 0 Å². The van der Waals surface area contributed by atoms with Crippen molar-refractivity contribution in [2.45, 2.75) is 31.2 Å². The van der Waals surface area contributed by atoms with Crippen LogP contribution in [0.15, 0.2) is 48.9 Å². The zero-order chi connectivity index (χ0) is 18.2. The van der Waals surface area contributed by atoms with Gasteiger partial charge >= 0.3 is 0 Å². The Kier molecular flexibility index (Phi) is 4.64. The number of aromatic nitrogens is 2. The number of pyridine rings is 1. The molecule has 5 heteroatoms. The molecule has 4 heterocycles. The minimum absolute atomic E-state index is 0.620. The van der Waals surface area contributed by atoms with Crippen molar-refractivity contribution in [3.63, 3.8) is 0 Å². The van der Waals surface area contributed by atoms with Crippen LogP contribution in [0.1, 0.15) is 30.7 Å². The quantitative estimate of drug-likeness (QED) is 0.738. The summed E-state index contributed by atoms with van der Waals surface area (Å²) in [7, 11) is 0. The summed E-state index contributed by atoms with van der Waals surface area (Å²) in [5.74, 6) is 0.620. The number of piperidine rings is 1. The minimum atomic E-state index is 0.620. The Morgan fingerprint density at radius 3 is 2.59 bits per heavy atom. The lowest BCUT2D eigenvalue weighted by atomic mass is 9.89. The number of nitrogens with zero attached hydrogens (tertiary/aromatic N) is 3. The van der Waals surface area contributed by atoms with E-state index < -0.39 is 0 Å². The van der Waals surface area contributed by atoms with Crippen LogP contribution in [0, 0.1) is 0 Å². The predicted octanol–water partition coefficient (Wildman–Crippen LogP) is 4.22. The summed E-state index contributed by atoms with van der Waals surface area (Å²) in [6.45, 7) is 4.74. The molecule has 0 bridgehead atoms. The van der Waals surface area contributed by atoms with Crippen LogP contribution < -0.4 is 5.32 Å². The van der Waals surface area contributed by atoms with Crippen LogP contribution in [0.2, 0.25) is 5.02 Å². The molecule has 2 fully saturated rings. The smallest absolute Gasteiger partial charge is 0.0715 e. The second kappa shape index (κ2) is 7.27. The van der Waals surface area contributed by atoms with E-state index in [4.69, 9.17) is 11.6 Å². The van der Waals surface area contributed by atoms with E-state index in [0.29, 0.717) is 5.92 Å². The second-order valence-corrected chi connectivity index (χ2v) is 8.22. The number of rotatable bonds is 3. The molecule has 4 nitrogen and oxygen atoms in total. The number of hydrogen-bond donors (Lipinski definition) is 1. The van der Waals surface area contributed by atoms with Crippen molar-refractivity contribution in [2.24, 2.45) is 0 Å². The molecule has 1 unspecified atom stereocenters. The van der Waals surface area contributed by atoms with Gasteiger partial charge in [-0.05, 0) is 80.7 Å². The Balaban J connectivity index is 1.44. The Hall–Kier alpha value is -1.88. The van der Waals surface area contributed by atoms with Gasteiger partial charge in [0.25, 0.3) is 0 Å².